The van der Waals surface area contributed by atoms with Crippen molar-refractivity contribution in [3.63, 3.8) is 0 Å². The van der Waals surface area contributed by atoms with Crippen LogP contribution in [0.15, 0.2) is 54.2 Å². The Morgan fingerprint density at radius 3 is 2.38 bits per heavy atom. The second-order valence-corrected chi connectivity index (χ2v) is 6.26. The topological polar surface area (TPSA) is 139 Å². The average Bonchev–Trinajstić information content (AvgIpc) is 2.67. The lowest BCUT2D eigenvalue weighted by Gasteiger charge is -2.13. The molecule has 0 spiro atoms. The molecule has 0 bridgehead atoms. The zero-order valence-electron chi connectivity index (χ0n) is 15.7. The van der Waals surface area contributed by atoms with Gasteiger partial charge in [-0.2, -0.15) is 0 Å². The lowest BCUT2D eigenvalue weighted by molar-refractivity contribution is -0.384. The number of carbonyl (C=O) groups is 3. The fraction of sp³-hybridized carbons (Fsp3) is 0.150. The highest BCUT2D eigenvalue weighted by molar-refractivity contribution is 6.06. The van der Waals surface area contributed by atoms with E-state index in [2.05, 4.69) is 10.6 Å². The number of carboxylic acids is 1. The molecule has 2 aromatic rings. The zero-order valence-corrected chi connectivity index (χ0v) is 15.7. The van der Waals surface area contributed by atoms with E-state index in [1.807, 2.05) is 6.92 Å². The zero-order chi connectivity index (χ0) is 21.6. The maximum atomic E-state index is 12.5. The van der Waals surface area contributed by atoms with Crippen molar-refractivity contribution in [1.29, 1.82) is 0 Å². The summed E-state index contributed by atoms with van der Waals surface area (Å²) in [5, 5.41) is 24.6. The molecule has 0 saturated carbocycles. The number of aliphatic carboxylic acids is 1. The third-order valence-electron chi connectivity index (χ3n) is 3.92. The lowest BCUT2D eigenvalue weighted by atomic mass is 10.1. The maximum absolute atomic E-state index is 12.5. The normalized spacial score (nSPS) is 12.0. The lowest BCUT2D eigenvalue weighted by Crippen LogP contribution is -2.42. The molecular formula is C20H19N3O6. The number of carbonyl (C=O) groups excluding carboxylic acids is 2. The van der Waals surface area contributed by atoms with E-state index in [4.69, 9.17) is 5.11 Å². The van der Waals surface area contributed by atoms with E-state index in [9.17, 15) is 24.5 Å². The summed E-state index contributed by atoms with van der Waals surface area (Å²) in [5.41, 5.74) is 1.09. The van der Waals surface area contributed by atoms with Crippen LogP contribution in [0.25, 0.3) is 6.08 Å². The highest BCUT2D eigenvalue weighted by Crippen LogP contribution is 2.16. The Morgan fingerprint density at radius 2 is 1.79 bits per heavy atom. The number of hydrogen-bond donors (Lipinski definition) is 3. The summed E-state index contributed by atoms with van der Waals surface area (Å²) in [6.07, 6.45) is 1.24. The van der Waals surface area contributed by atoms with Gasteiger partial charge in [-0.1, -0.05) is 29.8 Å². The van der Waals surface area contributed by atoms with Crippen LogP contribution in [-0.4, -0.2) is 33.9 Å². The largest absolute Gasteiger partial charge is 0.480 e. The average molecular weight is 397 g/mol. The third-order valence-corrected chi connectivity index (χ3v) is 3.92. The van der Waals surface area contributed by atoms with Crippen molar-refractivity contribution in [2.45, 2.75) is 19.9 Å². The van der Waals surface area contributed by atoms with Crippen LogP contribution in [0.5, 0.6) is 0 Å². The molecule has 0 saturated heterocycles. The van der Waals surface area contributed by atoms with Gasteiger partial charge in [0, 0.05) is 17.7 Å². The first-order valence-electron chi connectivity index (χ1n) is 8.55. The van der Waals surface area contributed by atoms with Crippen molar-refractivity contribution in [1.82, 2.24) is 10.6 Å². The number of nitrogens with one attached hydrogen (secondary N) is 2. The number of rotatable bonds is 7. The molecule has 2 rings (SSSR count). The van der Waals surface area contributed by atoms with Gasteiger partial charge < -0.3 is 15.7 Å². The van der Waals surface area contributed by atoms with Crippen molar-refractivity contribution >= 4 is 29.5 Å². The van der Waals surface area contributed by atoms with E-state index < -0.39 is 28.7 Å². The Labute approximate surface area is 166 Å². The minimum Gasteiger partial charge on any atom is -0.480 e. The molecule has 0 aromatic heterocycles. The summed E-state index contributed by atoms with van der Waals surface area (Å²) in [4.78, 5) is 46.4. The first-order valence-corrected chi connectivity index (χ1v) is 8.55. The first-order chi connectivity index (χ1) is 13.7. The number of nitro benzene ring substituents is 1. The molecule has 0 fully saturated rings. The molecule has 9 heteroatoms. The molecule has 1 unspecified atom stereocenters. The summed E-state index contributed by atoms with van der Waals surface area (Å²) >= 11 is 0. The van der Waals surface area contributed by atoms with Gasteiger partial charge in [-0.15, -0.1) is 0 Å². The van der Waals surface area contributed by atoms with Crippen LogP contribution >= 0.6 is 0 Å². The number of hydrogen-bond acceptors (Lipinski definition) is 5. The van der Waals surface area contributed by atoms with Gasteiger partial charge in [-0.05, 0) is 37.6 Å². The molecule has 29 heavy (non-hydrogen) atoms. The van der Waals surface area contributed by atoms with Crippen molar-refractivity contribution in [3.8, 4) is 0 Å². The number of nitrogens with zero attached hydrogens (tertiary/aromatic N) is 1. The number of nitro groups is 1. The standard InChI is InChI=1S/C20H19N3O6/c1-12-6-8-15(9-7-12)18(24)22-17(19(25)21-13(2)20(26)27)11-14-4-3-5-16(10-14)23(28)29/h3-11,13H,1-2H3,(H,21,25)(H,22,24)(H,26,27). The number of aryl methyl sites for hydroxylation is 1. The molecule has 0 aliphatic heterocycles. The fourth-order valence-electron chi connectivity index (χ4n) is 2.29. The van der Waals surface area contributed by atoms with Crippen molar-refractivity contribution in [2.75, 3.05) is 0 Å². The molecule has 0 radical (unpaired) electrons. The molecule has 0 aliphatic rings. The Balaban J connectivity index is 2.36. The molecule has 150 valence electrons. The van der Waals surface area contributed by atoms with Gasteiger partial charge in [-0.3, -0.25) is 24.5 Å². The number of benzene rings is 2. The fourth-order valence-corrected chi connectivity index (χ4v) is 2.29. The van der Waals surface area contributed by atoms with Gasteiger partial charge in [0.15, 0.2) is 0 Å². The maximum Gasteiger partial charge on any atom is 0.325 e. The second kappa shape index (κ2) is 9.27. The third kappa shape index (κ3) is 5.99. The van der Waals surface area contributed by atoms with Crippen LogP contribution in [-0.2, 0) is 9.59 Å². The minimum absolute atomic E-state index is 0.192. The van der Waals surface area contributed by atoms with Gasteiger partial charge in [0.25, 0.3) is 17.5 Å². The quantitative estimate of drug-likeness (QED) is 0.372. The van der Waals surface area contributed by atoms with Crippen LogP contribution < -0.4 is 10.6 Å². The van der Waals surface area contributed by atoms with Crippen LogP contribution in [0.1, 0.15) is 28.4 Å². The molecular weight excluding hydrogens is 378 g/mol. The van der Waals surface area contributed by atoms with E-state index in [1.165, 1.54) is 37.3 Å². The molecule has 0 heterocycles. The molecule has 2 aromatic carbocycles. The molecule has 0 aliphatic carbocycles. The summed E-state index contributed by atoms with van der Waals surface area (Å²) in [5.74, 6) is -2.68. The molecule has 2 amide bonds. The van der Waals surface area contributed by atoms with E-state index >= 15 is 0 Å². The predicted octanol–water partition coefficient (Wildman–Crippen LogP) is 2.26. The Hall–Kier alpha value is -4.01. The summed E-state index contributed by atoms with van der Waals surface area (Å²) in [6.45, 7) is 3.13. The van der Waals surface area contributed by atoms with Gasteiger partial charge in [0.1, 0.15) is 11.7 Å². The van der Waals surface area contributed by atoms with E-state index in [-0.39, 0.29) is 16.9 Å². The molecule has 1 atom stereocenters. The highest BCUT2D eigenvalue weighted by Gasteiger charge is 2.20. The van der Waals surface area contributed by atoms with Crippen LogP contribution in [0.2, 0.25) is 0 Å². The Kier molecular flexibility index (Phi) is 6.80. The van der Waals surface area contributed by atoms with Crippen LogP contribution in [0, 0.1) is 17.0 Å². The van der Waals surface area contributed by atoms with Crippen LogP contribution in [0.3, 0.4) is 0 Å². The molecule has 3 N–H and O–H groups in total. The SMILES string of the molecule is Cc1ccc(C(=O)NC(=Cc2cccc([N+](=O)[O-])c2)C(=O)NC(C)C(=O)O)cc1. The van der Waals surface area contributed by atoms with E-state index in [1.54, 1.807) is 24.3 Å². The number of amides is 2. The highest BCUT2D eigenvalue weighted by atomic mass is 16.6. The first kappa shape index (κ1) is 21.3. The van der Waals surface area contributed by atoms with Crippen molar-refractivity contribution < 1.29 is 24.4 Å². The van der Waals surface area contributed by atoms with Gasteiger partial charge >= 0.3 is 5.97 Å². The smallest absolute Gasteiger partial charge is 0.325 e. The van der Waals surface area contributed by atoms with Crippen molar-refractivity contribution in [3.05, 3.63) is 81.0 Å². The van der Waals surface area contributed by atoms with Crippen molar-refractivity contribution in [2.24, 2.45) is 0 Å². The van der Waals surface area contributed by atoms with E-state index in [0.717, 1.165) is 5.56 Å². The van der Waals surface area contributed by atoms with E-state index in [0.29, 0.717) is 5.56 Å². The number of carboxylic acid groups (broad SMARTS) is 1. The number of non-ortho nitro benzene ring substituents is 1. The summed E-state index contributed by atoms with van der Waals surface area (Å²) in [6, 6.07) is 10.9. The monoisotopic (exact) mass is 397 g/mol. The second-order valence-electron chi connectivity index (χ2n) is 6.26. The summed E-state index contributed by atoms with van der Waals surface area (Å²) in [7, 11) is 0. The van der Waals surface area contributed by atoms with Gasteiger partial charge in [-0.25, -0.2) is 0 Å². The predicted molar refractivity (Wildman–Crippen MR) is 105 cm³/mol. The van der Waals surface area contributed by atoms with Gasteiger partial charge in [0.05, 0.1) is 4.92 Å². The summed E-state index contributed by atoms with van der Waals surface area (Å²) < 4.78 is 0. The van der Waals surface area contributed by atoms with Gasteiger partial charge in [0.2, 0.25) is 0 Å². The Bertz CT molecular complexity index is 982. The minimum atomic E-state index is -1.25. The Morgan fingerprint density at radius 1 is 1.14 bits per heavy atom. The molecule has 9 nitrogen and oxygen atoms in total. The van der Waals surface area contributed by atoms with Crippen LogP contribution in [0.4, 0.5) is 5.69 Å².